The lowest BCUT2D eigenvalue weighted by atomic mass is 9.99. The molecule has 70 valence electrons. The van der Waals surface area contributed by atoms with Crippen molar-refractivity contribution in [3.63, 3.8) is 0 Å². The Morgan fingerprint density at radius 3 is 2.77 bits per heavy atom. The van der Waals surface area contributed by atoms with Crippen LogP contribution >= 0.6 is 11.8 Å². The fourth-order valence-electron chi connectivity index (χ4n) is 1.82. The molecule has 0 aromatic heterocycles. The van der Waals surface area contributed by atoms with Crippen LogP contribution in [0, 0.1) is 5.92 Å². The monoisotopic (exact) mass is 192 g/mol. The van der Waals surface area contributed by atoms with Gasteiger partial charge in [-0.3, -0.25) is 0 Å². The number of fused-ring (bicyclic) bond motifs is 1. The summed E-state index contributed by atoms with van der Waals surface area (Å²) in [6.07, 6.45) is 1.22. The van der Waals surface area contributed by atoms with Crippen LogP contribution in [0.5, 0.6) is 0 Å². The average molecular weight is 192 g/mol. The van der Waals surface area contributed by atoms with Gasteiger partial charge in [0, 0.05) is 11.5 Å². The molecule has 0 amide bonds. The van der Waals surface area contributed by atoms with E-state index < -0.39 is 0 Å². The summed E-state index contributed by atoms with van der Waals surface area (Å²) in [5.41, 5.74) is 4.64. The molecule has 0 aliphatic carbocycles. The van der Waals surface area contributed by atoms with Crippen molar-refractivity contribution in [1.29, 1.82) is 0 Å². The van der Waals surface area contributed by atoms with Crippen molar-refractivity contribution in [2.45, 2.75) is 31.8 Å². The van der Waals surface area contributed by atoms with Gasteiger partial charge in [0.1, 0.15) is 0 Å². The lowest BCUT2D eigenvalue weighted by molar-refractivity contribution is 0.647. The third kappa shape index (κ3) is 2.08. The lowest BCUT2D eigenvalue weighted by Gasteiger charge is -2.06. The molecular formula is C12H16S. The Balaban J connectivity index is 2.21. The Morgan fingerprint density at radius 1 is 1.23 bits per heavy atom. The number of rotatable bonds is 2. The van der Waals surface area contributed by atoms with E-state index in [1.807, 2.05) is 11.8 Å². The first-order valence-electron chi connectivity index (χ1n) is 4.94. The molecule has 0 fully saturated rings. The molecule has 1 aliphatic heterocycles. The first kappa shape index (κ1) is 9.14. The SMILES string of the molecule is CC(C)Cc1ccc2c(c1)CSC2. The van der Waals surface area contributed by atoms with Gasteiger partial charge in [-0.2, -0.15) is 11.8 Å². The lowest BCUT2D eigenvalue weighted by Crippen LogP contribution is -1.95. The Bertz CT molecular complexity index is 302. The van der Waals surface area contributed by atoms with Crippen molar-refractivity contribution in [2.24, 2.45) is 5.92 Å². The predicted octanol–water partition coefficient (Wildman–Crippen LogP) is 3.63. The maximum absolute atomic E-state index is 2.40. The van der Waals surface area contributed by atoms with Crippen molar-refractivity contribution in [3.05, 3.63) is 34.9 Å². The zero-order chi connectivity index (χ0) is 9.26. The van der Waals surface area contributed by atoms with E-state index in [0.29, 0.717) is 0 Å². The van der Waals surface area contributed by atoms with Gasteiger partial charge in [-0.1, -0.05) is 32.0 Å². The standard InChI is InChI=1S/C12H16S/c1-9(2)5-10-3-4-11-7-13-8-12(11)6-10/h3-4,6,9H,5,7-8H2,1-2H3. The molecule has 0 unspecified atom stereocenters. The Morgan fingerprint density at radius 2 is 2.00 bits per heavy atom. The molecule has 0 saturated carbocycles. The topological polar surface area (TPSA) is 0 Å². The quantitative estimate of drug-likeness (QED) is 0.689. The molecule has 1 aromatic rings. The van der Waals surface area contributed by atoms with Crippen LogP contribution in [-0.2, 0) is 17.9 Å². The molecule has 0 spiro atoms. The molecule has 0 N–H and O–H groups in total. The molecule has 1 aromatic carbocycles. The number of thioether (sulfide) groups is 1. The highest BCUT2D eigenvalue weighted by Gasteiger charge is 2.11. The third-order valence-electron chi connectivity index (χ3n) is 2.43. The Kier molecular flexibility index (Phi) is 2.63. The molecule has 1 aliphatic rings. The van der Waals surface area contributed by atoms with Gasteiger partial charge in [0.15, 0.2) is 0 Å². The van der Waals surface area contributed by atoms with Crippen LogP contribution in [-0.4, -0.2) is 0 Å². The zero-order valence-electron chi connectivity index (χ0n) is 8.34. The highest BCUT2D eigenvalue weighted by molar-refractivity contribution is 7.98. The fraction of sp³-hybridized carbons (Fsp3) is 0.500. The molecule has 0 saturated heterocycles. The molecule has 1 heteroatoms. The maximum atomic E-state index is 2.40. The Hall–Kier alpha value is -0.430. The van der Waals surface area contributed by atoms with E-state index in [1.54, 1.807) is 11.1 Å². The summed E-state index contributed by atoms with van der Waals surface area (Å²) in [6, 6.07) is 7.01. The fourth-order valence-corrected chi connectivity index (χ4v) is 2.92. The van der Waals surface area contributed by atoms with Crippen LogP contribution in [0.1, 0.15) is 30.5 Å². The van der Waals surface area contributed by atoms with E-state index in [2.05, 4.69) is 32.0 Å². The van der Waals surface area contributed by atoms with Crippen molar-refractivity contribution in [2.75, 3.05) is 0 Å². The molecule has 1 heterocycles. The van der Waals surface area contributed by atoms with E-state index in [0.717, 1.165) is 5.92 Å². The van der Waals surface area contributed by atoms with Crippen molar-refractivity contribution >= 4 is 11.8 Å². The molecule has 0 bridgehead atoms. The summed E-state index contributed by atoms with van der Waals surface area (Å²) >= 11 is 2.03. The minimum Gasteiger partial charge on any atom is -0.152 e. The van der Waals surface area contributed by atoms with Crippen molar-refractivity contribution in [1.82, 2.24) is 0 Å². The van der Waals surface area contributed by atoms with Gasteiger partial charge in [-0.25, -0.2) is 0 Å². The van der Waals surface area contributed by atoms with Gasteiger partial charge in [-0.05, 0) is 29.0 Å². The van der Waals surface area contributed by atoms with Gasteiger partial charge >= 0.3 is 0 Å². The Labute approximate surface area is 84.7 Å². The zero-order valence-corrected chi connectivity index (χ0v) is 9.16. The van der Waals surface area contributed by atoms with Crippen LogP contribution in [0.25, 0.3) is 0 Å². The summed E-state index contributed by atoms with van der Waals surface area (Å²) in [4.78, 5) is 0. The summed E-state index contributed by atoms with van der Waals surface area (Å²) in [5.74, 6) is 3.21. The highest BCUT2D eigenvalue weighted by atomic mass is 32.2. The van der Waals surface area contributed by atoms with Gasteiger partial charge in [0.2, 0.25) is 0 Å². The second-order valence-corrected chi connectivity index (χ2v) is 5.18. The number of hydrogen-bond acceptors (Lipinski definition) is 1. The van der Waals surface area contributed by atoms with E-state index in [1.165, 1.54) is 23.5 Å². The molecule has 0 atom stereocenters. The number of benzene rings is 1. The molecular weight excluding hydrogens is 176 g/mol. The summed E-state index contributed by atoms with van der Waals surface area (Å²) < 4.78 is 0. The van der Waals surface area contributed by atoms with E-state index in [4.69, 9.17) is 0 Å². The second kappa shape index (κ2) is 3.75. The van der Waals surface area contributed by atoms with Gasteiger partial charge < -0.3 is 0 Å². The number of hydrogen-bond donors (Lipinski definition) is 0. The third-order valence-corrected chi connectivity index (χ3v) is 3.46. The van der Waals surface area contributed by atoms with Crippen LogP contribution in [0.2, 0.25) is 0 Å². The van der Waals surface area contributed by atoms with Crippen LogP contribution in [0.3, 0.4) is 0 Å². The van der Waals surface area contributed by atoms with E-state index in [-0.39, 0.29) is 0 Å². The van der Waals surface area contributed by atoms with Crippen molar-refractivity contribution in [3.8, 4) is 0 Å². The maximum Gasteiger partial charge on any atom is 0.0191 e. The minimum absolute atomic E-state index is 0.770. The van der Waals surface area contributed by atoms with Crippen LogP contribution < -0.4 is 0 Å². The first-order valence-corrected chi connectivity index (χ1v) is 6.09. The van der Waals surface area contributed by atoms with Crippen LogP contribution in [0.4, 0.5) is 0 Å². The average Bonchev–Trinajstić information content (AvgIpc) is 2.49. The summed E-state index contributed by atoms with van der Waals surface area (Å²) in [5, 5.41) is 0. The van der Waals surface area contributed by atoms with E-state index in [9.17, 15) is 0 Å². The summed E-state index contributed by atoms with van der Waals surface area (Å²) in [7, 11) is 0. The normalized spacial score (nSPS) is 15.0. The minimum atomic E-state index is 0.770. The van der Waals surface area contributed by atoms with Crippen molar-refractivity contribution < 1.29 is 0 Å². The smallest absolute Gasteiger partial charge is 0.0191 e. The second-order valence-electron chi connectivity index (χ2n) is 4.19. The largest absolute Gasteiger partial charge is 0.152 e. The molecule has 0 radical (unpaired) electrons. The molecule has 2 rings (SSSR count). The molecule has 0 nitrogen and oxygen atoms in total. The van der Waals surface area contributed by atoms with Gasteiger partial charge in [0.25, 0.3) is 0 Å². The van der Waals surface area contributed by atoms with E-state index >= 15 is 0 Å². The van der Waals surface area contributed by atoms with Gasteiger partial charge in [0.05, 0.1) is 0 Å². The van der Waals surface area contributed by atoms with Crippen LogP contribution in [0.15, 0.2) is 18.2 Å². The predicted molar refractivity (Wildman–Crippen MR) is 60.0 cm³/mol. The highest BCUT2D eigenvalue weighted by Crippen LogP contribution is 2.30. The van der Waals surface area contributed by atoms with Gasteiger partial charge in [-0.15, -0.1) is 0 Å². The summed E-state index contributed by atoms with van der Waals surface area (Å²) in [6.45, 7) is 4.56. The molecule has 13 heavy (non-hydrogen) atoms. The first-order chi connectivity index (χ1) is 6.25.